The van der Waals surface area contributed by atoms with Crippen molar-refractivity contribution in [3.8, 4) is 11.5 Å². The summed E-state index contributed by atoms with van der Waals surface area (Å²) in [7, 11) is 1.67. The number of benzene rings is 10. The van der Waals surface area contributed by atoms with Crippen LogP contribution in [0.5, 0.6) is 11.5 Å². The summed E-state index contributed by atoms with van der Waals surface area (Å²) in [5, 5.41) is 0. The van der Waals surface area contributed by atoms with Gasteiger partial charge in [0.2, 0.25) is 0 Å². The molecule has 19 heteroatoms. The summed E-state index contributed by atoms with van der Waals surface area (Å²) < 4.78 is 133. The van der Waals surface area contributed by atoms with Crippen LogP contribution in [0, 0.1) is 27.7 Å². The normalized spacial score (nSPS) is 11.9. The molecular formula is C97H127F9NO2S7+7. The van der Waals surface area contributed by atoms with Crippen LogP contribution in [0.1, 0.15) is 134 Å². The Labute approximate surface area is 712 Å². The highest BCUT2D eigenvalue weighted by Gasteiger charge is 2.57. The average molecular weight is 1730 g/mol. The Bertz CT molecular complexity index is 4100. The fourth-order valence-electron chi connectivity index (χ4n) is 11.7. The number of nitrogens with zero attached hydrogens (tertiary/aromatic N) is 1. The quantitative estimate of drug-likeness (QED) is 0.0342. The topological polar surface area (TPSA) is 21.7 Å². The molecule has 0 aliphatic carbocycles. The molecule has 0 aliphatic rings. The van der Waals surface area contributed by atoms with Gasteiger partial charge in [-0.2, -0.15) is 0 Å². The molecule has 0 saturated carbocycles. The molecule has 0 saturated heterocycles. The smallest absolute Gasteiger partial charge is 0.496 e. The van der Waals surface area contributed by atoms with Crippen LogP contribution in [0.3, 0.4) is 0 Å². The van der Waals surface area contributed by atoms with Gasteiger partial charge in [0, 0.05) is 41.7 Å². The first-order valence-corrected chi connectivity index (χ1v) is 50.2. The molecule has 1 atom stereocenters. The van der Waals surface area contributed by atoms with E-state index in [4.69, 9.17) is 9.47 Å². The van der Waals surface area contributed by atoms with Gasteiger partial charge in [0.15, 0.2) is 81.6 Å². The molecule has 0 fully saturated rings. The lowest BCUT2D eigenvalue weighted by molar-refractivity contribution is -0.0379. The summed E-state index contributed by atoms with van der Waals surface area (Å²) >= 11 is 0. The van der Waals surface area contributed by atoms with Crippen molar-refractivity contribution in [3.05, 3.63) is 288 Å². The maximum absolute atomic E-state index is 13.8. The predicted molar refractivity (Wildman–Crippen MR) is 493 cm³/mol. The van der Waals surface area contributed by atoms with Gasteiger partial charge in [-0.3, -0.25) is 0 Å². The van der Waals surface area contributed by atoms with E-state index < -0.39 is 49.2 Å². The van der Waals surface area contributed by atoms with Crippen LogP contribution in [-0.4, -0.2) is 104 Å². The minimum atomic E-state index is -4.31. The molecule has 0 heterocycles. The molecule has 10 aromatic rings. The first-order chi connectivity index (χ1) is 54.7. The Morgan fingerprint density at radius 1 is 0.328 bits per heavy atom. The SMILES string of the molecule is CC(C)(C)c1ccc([S+](c2ccc(C(C)(C)C)cc2)C(F)(F)F)cc1.CCCC[S+](CCC)CCCC.COc1c(C)cc([S+](c2ccccc2)C(F)(F)F)cc1C.C[S+](C)C.C[S+](C)c1ccccc1.Cc1cc([S+](c2ccccc2)c2ccccc2)cc(C)c1OCCCN(C)C.FC(F)(F)[S+](c1ccccc1)c1ccccc1. The number of methoxy groups -OCH3 is 1. The summed E-state index contributed by atoms with van der Waals surface area (Å²) in [5.74, 6) is 6.17. The van der Waals surface area contributed by atoms with E-state index in [1.165, 1.54) is 124 Å². The summed E-state index contributed by atoms with van der Waals surface area (Å²) in [5.41, 5.74) is -7.10. The standard InChI is InChI=1S/C25H30NOS.C21H26F3S.C16H16F3OS.C13H10F3S.C11H25S.C8H11S.C3H9S/c1-20-18-24(19-21(2)25(20)27-17-11-16-26(3)4)28(22-12-7-5-8-13-22)23-14-9-6-10-15-23;1-19(2,3)15-7-11-17(12-8-15)25(21(22,23)24)18-13-9-16(10-14-18)20(4,5)6;1-11-9-14(10-12(2)15(11)20-3)21(16(17,18)19)13-7-5-4-6-8-13;14-13(15,16)17(11-7-3-1-4-8-11)12-9-5-2-6-10-12;1-4-7-10-12(9-6-3)11-8-5-2;1-9(2)8-6-4-3-5-7-8;1-4(2)3/h5-10,12-15,18-19H,11,16-17H2,1-4H3;7-14H,1-6H3;4-10H,1-3H3;1-10H;4-11H2,1-3H3;3-7H,1-2H3;1-3H3/q7*+1. The molecule has 10 rings (SSSR count). The molecule has 0 amide bonds. The van der Waals surface area contributed by atoms with Crippen molar-refractivity contribution < 1.29 is 49.0 Å². The molecule has 0 spiro atoms. The molecular weight excluding hydrogens is 1610 g/mol. The van der Waals surface area contributed by atoms with Crippen LogP contribution in [0.25, 0.3) is 0 Å². The maximum atomic E-state index is 13.8. The second kappa shape index (κ2) is 51.3. The molecule has 0 radical (unpaired) electrons. The van der Waals surface area contributed by atoms with E-state index in [1.54, 1.807) is 105 Å². The molecule has 10 aromatic carbocycles. The molecule has 0 N–H and O–H groups in total. The monoisotopic (exact) mass is 1730 g/mol. The third-order valence-electron chi connectivity index (χ3n) is 17.3. The number of unbranched alkanes of at least 4 members (excludes halogenated alkanes) is 2. The van der Waals surface area contributed by atoms with E-state index in [2.05, 4.69) is 230 Å². The van der Waals surface area contributed by atoms with Crippen molar-refractivity contribution in [2.75, 3.05) is 82.9 Å². The van der Waals surface area contributed by atoms with E-state index in [0.717, 1.165) is 47.3 Å². The number of rotatable bonds is 24. The van der Waals surface area contributed by atoms with Crippen LogP contribution in [0.2, 0.25) is 0 Å². The minimum absolute atomic E-state index is 0.0796. The number of aryl methyl sites for hydroxylation is 4. The summed E-state index contributed by atoms with van der Waals surface area (Å²) in [6.45, 7) is 28.9. The van der Waals surface area contributed by atoms with Gasteiger partial charge in [-0.05, 0) is 231 Å². The second-order valence-electron chi connectivity index (χ2n) is 30.4. The van der Waals surface area contributed by atoms with E-state index in [1.807, 2.05) is 24.3 Å². The molecule has 0 aliphatic heterocycles. The van der Waals surface area contributed by atoms with Gasteiger partial charge in [0.1, 0.15) is 41.3 Å². The summed E-state index contributed by atoms with van der Waals surface area (Å²) in [4.78, 5) is 9.41. The number of hydrogen-bond acceptors (Lipinski definition) is 3. The highest BCUT2D eigenvalue weighted by Crippen LogP contribution is 2.44. The van der Waals surface area contributed by atoms with Gasteiger partial charge in [-0.25, -0.2) is 0 Å². The number of alkyl halides is 9. The first-order valence-electron chi connectivity index (χ1n) is 39.1. The predicted octanol–water partition coefficient (Wildman–Crippen LogP) is 27.7. The van der Waals surface area contributed by atoms with Crippen LogP contribution < -0.4 is 9.47 Å². The highest BCUT2D eigenvalue weighted by atomic mass is 32.2. The Morgan fingerprint density at radius 3 is 0.862 bits per heavy atom. The zero-order chi connectivity index (χ0) is 86.4. The molecule has 630 valence electrons. The van der Waals surface area contributed by atoms with Gasteiger partial charge >= 0.3 is 16.5 Å². The van der Waals surface area contributed by atoms with E-state index in [9.17, 15) is 39.5 Å². The third-order valence-corrected chi connectivity index (χ3v) is 29.3. The lowest BCUT2D eigenvalue weighted by Crippen LogP contribution is -2.24. The van der Waals surface area contributed by atoms with Crippen LogP contribution >= 0.6 is 0 Å². The van der Waals surface area contributed by atoms with Crippen molar-refractivity contribution in [2.45, 2.75) is 205 Å². The minimum Gasteiger partial charge on any atom is -0.496 e. The van der Waals surface area contributed by atoms with Crippen molar-refractivity contribution in [1.82, 2.24) is 4.90 Å². The number of hydrogen-bond donors (Lipinski definition) is 0. The maximum Gasteiger partial charge on any atom is 0.586 e. The molecule has 0 aromatic heterocycles. The van der Waals surface area contributed by atoms with E-state index >= 15 is 0 Å². The molecule has 0 bridgehead atoms. The Kier molecular flexibility index (Phi) is 45.0. The number of halogens is 9. The first kappa shape index (κ1) is 102. The van der Waals surface area contributed by atoms with E-state index in [-0.39, 0.29) is 31.5 Å². The number of ether oxygens (including phenoxy) is 2. The average Bonchev–Trinajstić information content (AvgIpc) is 0.804. The molecule has 3 nitrogen and oxygen atoms in total. The lowest BCUT2D eigenvalue weighted by Gasteiger charge is -2.20. The lowest BCUT2D eigenvalue weighted by atomic mass is 9.87. The zero-order valence-corrected chi connectivity index (χ0v) is 77.8. The summed E-state index contributed by atoms with van der Waals surface area (Å²) in [6, 6.07) is 77.6. The van der Waals surface area contributed by atoms with Crippen molar-refractivity contribution in [3.63, 3.8) is 0 Å². The third kappa shape index (κ3) is 36.3. The Balaban J connectivity index is 0.000000299. The fraction of sp³-hybridized carbons (Fsp3) is 0.381. The van der Waals surface area contributed by atoms with Gasteiger partial charge < -0.3 is 14.4 Å². The van der Waals surface area contributed by atoms with Gasteiger partial charge in [-0.15, -0.1) is 39.5 Å². The van der Waals surface area contributed by atoms with Crippen molar-refractivity contribution in [2.24, 2.45) is 0 Å². The van der Waals surface area contributed by atoms with Crippen LogP contribution in [0.15, 0.2) is 304 Å². The van der Waals surface area contributed by atoms with Gasteiger partial charge in [0.25, 0.3) is 0 Å². The Hall–Kier alpha value is -6.42. The molecule has 116 heavy (non-hydrogen) atoms. The summed E-state index contributed by atoms with van der Waals surface area (Å²) in [6.07, 6.45) is 19.1. The highest BCUT2D eigenvalue weighted by molar-refractivity contribution is 7.99. The second-order valence-corrected chi connectivity index (χ2v) is 45.5. The van der Waals surface area contributed by atoms with Gasteiger partial charge in [0.05, 0.1) is 43.4 Å². The van der Waals surface area contributed by atoms with E-state index in [0.29, 0.717) is 58.2 Å². The van der Waals surface area contributed by atoms with Crippen LogP contribution in [0.4, 0.5) is 39.5 Å². The van der Waals surface area contributed by atoms with Gasteiger partial charge in [-0.1, -0.05) is 209 Å². The van der Waals surface area contributed by atoms with Crippen molar-refractivity contribution >= 4 is 76.3 Å². The largest absolute Gasteiger partial charge is 0.586 e. The van der Waals surface area contributed by atoms with Crippen molar-refractivity contribution in [1.29, 1.82) is 0 Å². The fourth-order valence-corrected chi connectivity index (χ4v) is 22.4. The Morgan fingerprint density at radius 2 is 0.603 bits per heavy atom. The van der Waals surface area contributed by atoms with Crippen LogP contribution in [-0.2, 0) is 87.1 Å². The zero-order valence-electron chi connectivity index (χ0n) is 72.1. The molecule has 1 unspecified atom stereocenters.